The molecule has 1 amide bonds. The summed E-state index contributed by atoms with van der Waals surface area (Å²) in [5, 5.41) is 0. The van der Waals surface area contributed by atoms with Crippen molar-refractivity contribution in [2.75, 3.05) is 11.8 Å². The summed E-state index contributed by atoms with van der Waals surface area (Å²) < 4.78 is 37.2. The van der Waals surface area contributed by atoms with Gasteiger partial charge in [0.1, 0.15) is 5.69 Å². The van der Waals surface area contributed by atoms with Crippen LogP contribution in [0, 0.1) is 6.92 Å². The number of rotatable bonds is 8. The lowest BCUT2D eigenvalue weighted by Crippen LogP contribution is -2.44. The molecular formula is C28H34N4O6S. The topological polar surface area (TPSA) is 120 Å². The molecule has 0 radical (unpaired) electrons. The fraction of sp³-hybridized carbons (Fsp3) is 0.393. The molecule has 1 N–H and O–H groups in total. The maximum Gasteiger partial charge on any atom is 0.338 e. The Morgan fingerprint density at radius 1 is 1.05 bits per heavy atom. The largest absolute Gasteiger partial charge is 0.449 e. The quantitative estimate of drug-likeness (QED) is 0.425. The minimum Gasteiger partial charge on any atom is -0.449 e. The molecule has 1 heterocycles. The van der Waals surface area contributed by atoms with Gasteiger partial charge in [-0.3, -0.25) is 19.0 Å². The van der Waals surface area contributed by atoms with Gasteiger partial charge in [0.05, 0.1) is 21.8 Å². The summed E-state index contributed by atoms with van der Waals surface area (Å²) in [4.78, 5) is 40.3. The first-order valence-electron chi connectivity index (χ1n) is 13.0. The summed E-state index contributed by atoms with van der Waals surface area (Å²) in [5.41, 5.74) is 0.344. The van der Waals surface area contributed by atoms with Crippen LogP contribution in [0.5, 0.6) is 0 Å². The smallest absolute Gasteiger partial charge is 0.338 e. The zero-order valence-electron chi connectivity index (χ0n) is 22.6. The molecule has 0 spiro atoms. The van der Waals surface area contributed by atoms with Crippen molar-refractivity contribution in [2.24, 2.45) is 7.05 Å². The highest BCUT2D eigenvalue weighted by molar-refractivity contribution is 7.92. The molecule has 10 nitrogen and oxygen atoms in total. The monoisotopic (exact) mass is 554 g/mol. The number of carbonyl (C=O) groups excluding carboxylic acids is 2. The summed E-state index contributed by atoms with van der Waals surface area (Å²) in [6, 6.07) is 14.3. The first kappa shape index (κ1) is 28.2. The van der Waals surface area contributed by atoms with E-state index in [-0.39, 0.29) is 28.1 Å². The molecule has 1 fully saturated rings. The molecule has 0 aliphatic heterocycles. The number of sulfonamides is 1. The molecule has 0 bridgehead atoms. The number of nitrogens with one attached hydrogen (secondary N) is 1. The standard InChI is InChI=1S/C28H34N4O6S/c1-19-25(27(34)32(31(19)4)23-15-9-6-10-16-23)29-39(36,37)24-17-11-12-21(18-24)28(35)38-20(2)26(33)30(3)22-13-7-5-8-14-22/h6,9-12,15-18,20,22,29H,5,7-8,13-14H2,1-4H3. The van der Waals surface area contributed by atoms with Gasteiger partial charge < -0.3 is 9.64 Å². The fourth-order valence-corrected chi connectivity index (χ4v) is 6.04. The number of ether oxygens (including phenoxy) is 1. The predicted octanol–water partition coefficient (Wildman–Crippen LogP) is 3.62. The van der Waals surface area contributed by atoms with E-state index in [9.17, 15) is 22.8 Å². The minimum atomic E-state index is -4.23. The molecular weight excluding hydrogens is 520 g/mol. The van der Waals surface area contributed by atoms with Crippen LogP contribution < -0.4 is 10.3 Å². The lowest BCUT2D eigenvalue weighted by atomic mass is 9.94. The Labute approximate surface area is 228 Å². The van der Waals surface area contributed by atoms with Crippen molar-refractivity contribution < 1.29 is 22.7 Å². The molecule has 11 heteroatoms. The summed E-state index contributed by atoms with van der Waals surface area (Å²) in [5.74, 6) is -1.11. The van der Waals surface area contributed by atoms with Gasteiger partial charge in [0.25, 0.3) is 21.5 Å². The van der Waals surface area contributed by atoms with Crippen LogP contribution in [0.25, 0.3) is 5.69 Å². The third kappa shape index (κ3) is 5.93. The van der Waals surface area contributed by atoms with E-state index in [1.54, 1.807) is 54.9 Å². The van der Waals surface area contributed by atoms with Gasteiger partial charge in [-0.15, -0.1) is 0 Å². The normalized spacial score (nSPS) is 15.0. The van der Waals surface area contributed by atoms with Gasteiger partial charge in [-0.2, -0.15) is 0 Å². The van der Waals surface area contributed by atoms with Crippen molar-refractivity contribution in [3.8, 4) is 5.69 Å². The van der Waals surface area contributed by atoms with Gasteiger partial charge >= 0.3 is 5.97 Å². The van der Waals surface area contributed by atoms with Crippen LogP contribution in [-0.4, -0.2) is 53.8 Å². The molecule has 1 unspecified atom stereocenters. The molecule has 1 saturated carbocycles. The van der Waals surface area contributed by atoms with Crippen LogP contribution in [0.15, 0.2) is 64.3 Å². The van der Waals surface area contributed by atoms with Gasteiger partial charge in [0.2, 0.25) is 0 Å². The molecule has 1 atom stereocenters. The van der Waals surface area contributed by atoms with E-state index in [1.807, 2.05) is 6.07 Å². The van der Waals surface area contributed by atoms with Crippen molar-refractivity contribution in [3.63, 3.8) is 0 Å². The van der Waals surface area contributed by atoms with Crippen LogP contribution in [0.2, 0.25) is 0 Å². The summed E-state index contributed by atoms with van der Waals surface area (Å²) in [7, 11) is -0.852. The van der Waals surface area contributed by atoms with Gasteiger partial charge in [-0.1, -0.05) is 43.5 Å². The zero-order chi connectivity index (χ0) is 28.3. The molecule has 0 saturated heterocycles. The maximum atomic E-state index is 13.3. The number of carbonyl (C=O) groups is 2. The third-order valence-corrected chi connectivity index (χ3v) is 8.62. The molecule has 3 aromatic rings. The number of hydrogen-bond donors (Lipinski definition) is 1. The average Bonchev–Trinajstić information content (AvgIpc) is 3.15. The van der Waals surface area contributed by atoms with Crippen molar-refractivity contribution >= 4 is 27.6 Å². The van der Waals surface area contributed by atoms with Crippen molar-refractivity contribution in [2.45, 2.75) is 63.0 Å². The molecule has 2 aromatic carbocycles. The van der Waals surface area contributed by atoms with E-state index in [0.29, 0.717) is 11.4 Å². The lowest BCUT2D eigenvalue weighted by Gasteiger charge is -2.32. The molecule has 208 valence electrons. The molecule has 1 aliphatic rings. The number of esters is 1. The molecule has 1 aliphatic carbocycles. The molecule has 4 rings (SSSR count). The van der Waals surface area contributed by atoms with Crippen LogP contribution in [-0.2, 0) is 26.6 Å². The number of benzene rings is 2. The number of anilines is 1. The number of likely N-dealkylation sites (N-methyl/N-ethyl adjacent to an activating group) is 1. The second-order valence-electron chi connectivity index (χ2n) is 9.86. The maximum absolute atomic E-state index is 13.3. The highest BCUT2D eigenvalue weighted by Crippen LogP contribution is 2.23. The SMILES string of the molecule is Cc1c(NS(=O)(=O)c2cccc(C(=O)OC(C)C(=O)N(C)C3CCCCC3)c2)c(=O)n(-c2ccccc2)n1C. The first-order chi connectivity index (χ1) is 18.5. The number of para-hydroxylation sites is 1. The summed E-state index contributed by atoms with van der Waals surface area (Å²) >= 11 is 0. The van der Waals surface area contributed by atoms with E-state index in [0.717, 1.165) is 32.1 Å². The van der Waals surface area contributed by atoms with Crippen LogP contribution in [0.3, 0.4) is 0 Å². The lowest BCUT2D eigenvalue weighted by molar-refractivity contribution is -0.141. The first-order valence-corrected chi connectivity index (χ1v) is 14.4. The summed E-state index contributed by atoms with van der Waals surface area (Å²) in [6.07, 6.45) is 4.11. The van der Waals surface area contributed by atoms with Crippen LogP contribution in [0.1, 0.15) is 55.1 Å². The second-order valence-corrected chi connectivity index (χ2v) is 11.5. The Bertz CT molecular complexity index is 1520. The van der Waals surface area contributed by atoms with E-state index in [4.69, 9.17) is 4.74 Å². The van der Waals surface area contributed by atoms with Crippen LogP contribution in [0.4, 0.5) is 5.69 Å². The highest BCUT2D eigenvalue weighted by atomic mass is 32.2. The van der Waals surface area contributed by atoms with E-state index >= 15 is 0 Å². The Hall–Kier alpha value is -3.86. The zero-order valence-corrected chi connectivity index (χ0v) is 23.4. The molecule has 1 aromatic heterocycles. The number of nitrogens with zero attached hydrogens (tertiary/aromatic N) is 3. The number of hydrogen-bond acceptors (Lipinski definition) is 6. The fourth-order valence-electron chi connectivity index (χ4n) is 4.88. The number of aromatic nitrogens is 2. The highest BCUT2D eigenvalue weighted by Gasteiger charge is 2.29. The Morgan fingerprint density at radius 3 is 2.38 bits per heavy atom. The minimum absolute atomic E-state index is 0.0238. The Kier molecular flexibility index (Phi) is 8.29. The van der Waals surface area contributed by atoms with Gasteiger partial charge in [0, 0.05) is 20.1 Å². The van der Waals surface area contributed by atoms with Gasteiger partial charge in [-0.25, -0.2) is 17.9 Å². The Morgan fingerprint density at radius 2 is 1.72 bits per heavy atom. The van der Waals surface area contributed by atoms with Gasteiger partial charge in [0.15, 0.2) is 6.10 Å². The number of amides is 1. The average molecular weight is 555 g/mol. The summed E-state index contributed by atoms with van der Waals surface area (Å²) in [6.45, 7) is 3.15. The Balaban J connectivity index is 1.51. The molecule has 39 heavy (non-hydrogen) atoms. The predicted molar refractivity (Wildman–Crippen MR) is 148 cm³/mol. The van der Waals surface area contributed by atoms with Crippen molar-refractivity contribution in [3.05, 3.63) is 76.2 Å². The van der Waals surface area contributed by atoms with E-state index in [2.05, 4.69) is 4.72 Å². The van der Waals surface area contributed by atoms with E-state index < -0.39 is 27.7 Å². The second kappa shape index (κ2) is 11.5. The van der Waals surface area contributed by atoms with Crippen molar-refractivity contribution in [1.82, 2.24) is 14.3 Å². The van der Waals surface area contributed by atoms with Gasteiger partial charge in [-0.05, 0) is 57.0 Å². The van der Waals surface area contributed by atoms with E-state index in [1.165, 1.54) is 35.9 Å². The van der Waals surface area contributed by atoms with Crippen LogP contribution >= 0.6 is 0 Å². The van der Waals surface area contributed by atoms with Crippen molar-refractivity contribution in [1.29, 1.82) is 0 Å². The third-order valence-electron chi connectivity index (χ3n) is 7.27.